The van der Waals surface area contributed by atoms with Crippen molar-refractivity contribution in [3.63, 3.8) is 0 Å². The van der Waals surface area contributed by atoms with E-state index in [1.54, 1.807) is 0 Å². The number of allylic oxidation sites excluding steroid dienone is 10. The molecule has 0 saturated carbocycles. The van der Waals surface area contributed by atoms with E-state index >= 15 is 0 Å². The van der Waals surface area contributed by atoms with Crippen molar-refractivity contribution in [2.24, 2.45) is 0 Å². The molecule has 2 atom stereocenters. The summed E-state index contributed by atoms with van der Waals surface area (Å²) in [4.78, 5) is 36.7. The maximum absolute atomic E-state index is 12.5. The Hall–Kier alpha value is -2.97. The molecule has 0 fully saturated rings. The topological polar surface area (TPSA) is 99.1 Å². The first kappa shape index (κ1) is 51.0. The van der Waals surface area contributed by atoms with E-state index in [-0.39, 0.29) is 42.7 Å². The molecule has 0 bridgehead atoms. The summed E-state index contributed by atoms with van der Waals surface area (Å²) in [5.41, 5.74) is 0. The molecule has 0 rings (SSSR count). The normalized spacial score (nSPS) is 13.6. The van der Waals surface area contributed by atoms with Gasteiger partial charge in [-0.25, -0.2) is 4.79 Å². The Morgan fingerprint density at radius 3 is 1.52 bits per heavy atom. The van der Waals surface area contributed by atoms with Crippen LogP contribution in [0, 0.1) is 0 Å². The summed E-state index contributed by atoms with van der Waals surface area (Å²) < 4.78 is 17.1. The van der Waals surface area contributed by atoms with Crippen molar-refractivity contribution in [3.05, 3.63) is 60.8 Å². The van der Waals surface area contributed by atoms with E-state index in [0.29, 0.717) is 19.3 Å². The minimum atomic E-state index is -0.886. The van der Waals surface area contributed by atoms with Gasteiger partial charge in [0, 0.05) is 19.3 Å². The van der Waals surface area contributed by atoms with Gasteiger partial charge in [-0.05, 0) is 57.8 Å². The van der Waals surface area contributed by atoms with Crippen molar-refractivity contribution < 1.29 is 38.2 Å². The zero-order chi connectivity index (χ0) is 40.0. The number of carbonyl (C=O) groups is 3. The molecule has 0 aliphatic rings. The van der Waals surface area contributed by atoms with Crippen molar-refractivity contribution in [1.29, 1.82) is 0 Å². The van der Waals surface area contributed by atoms with Crippen LogP contribution in [0.1, 0.15) is 162 Å². The second kappa shape index (κ2) is 37.0. The van der Waals surface area contributed by atoms with E-state index in [1.165, 1.54) is 70.6 Å². The van der Waals surface area contributed by atoms with Crippen LogP contribution < -0.4 is 0 Å². The van der Waals surface area contributed by atoms with Gasteiger partial charge in [-0.1, -0.05) is 145 Å². The number of hydrogen-bond acceptors (Lipinski definition) is 6. The molecule has 2 unspecified atom stereocenters. The van der Waals surface area contributed by atoms with Crippen LogP contribution in [-0.4, -0.2) is 80.6 Å². The Morgan fingerprint density at radius 1 is 0.556 bits per heavy atom. The van der Waals surface area contributed by atoms with Gasteiger partial charge in [0.2, 0.25) is 0 Å². The van der Waals surface area contributed by atoms with Gasteiger partial charge in [-0.2, -0.15) is 0 Å². The molecule has 0 aromatic rings. The third-order valence-corrected chi connectivity index (χ3v) is 9.18. The number of ether oxygens (including phenoxy) is 3. The van der Waals surface area contributed by atoms with E-state index < -0.39 is 18.1 Å². The predicted octanol–water partition coefficient (Wildman–Crippen LogP) is 11.4. The smallest absolute Gasteiger partial charge is 0.362 e. The minimum Gasteiger partial charge on any atom is -0.477 e. The lowest BCUT2D eigenvalue weighted by molar-refractivity contribution is -0.887. The summed E-state index contributed by atoms with van der Waals surface area (Å²) in [6.45, 7) is 4.40. The number of quaternary nitrogens is 1. The molecule has 1 N–H and O–H groups in total. The first-order valence-electron chi connectivity index (χ1n) is 21.3. The van der Waals surface area contributed by atoms with Gasteiger partial charge in [0.1, 0.15) is 6.61 Å². The van der Waals surface area contributed by atoms with Gasteiger partial charge in [0.25, 0.3) is 0 Å². The number of rotatable bonds is 37. The van der Waals surface area contributed by atoms with Crippen LogP contribution in [0.4, 0.5) is 0 Å². The lowest BCUT2D eigenvalue weighted by Gasteiger charge is -2.31. The minimum absolute atomic E-state index is 0.0361. The SMILES string of the molecule is CC/C=C/C/C=C/C/C=C/CCCCCCCCCCCCCCCC(=O)OCC(COCCC(C(=O)O)[N+](C)(C)C)OC(=O)CC/C=C/C/C=C/CC. The summed E-state index contributed by atoms with van der Waals surface area (Å²) in [7, 11) is 5.49. The zero-order valence-electron chi connectivity index (χ0n) is 35.2. The molecule has 0 heterocycles. The van der Waals surface area contributed by atoms with Crippen LogP contribution in [0.3, 0.4) is 0 Å². The first-order chi connectivity index (χ1) is 26.1. The summed E-state index contributed by atoms with van der Waals surface area (Å²) in [6, 6.07) is -0.623. The molecule has 0 aromatic carbocycles. The number of hydrogen-bond donors (Lipinski definition) is 1. The highest BCUT2D eigenvalue weighted by molar-refractivity contribution is 5.72. The molecule has 310 valence electrons. The number of aliphatic carboxylic acids is 1. The molecule has 0 radical (unpaired) electrons. The maximum Gasteiger partial charge on any atom is 0.362 e. The number of nitrogens with zero attached hydrogens (tertiary/aromatic N) is 1. The second-order valence-corrected chi connectivity index (χ2v) is 15.2. The Labute approximate surface area is 330 Å². The summed E-state index contributed by atoms with van der Waals surface area (Å²) in [5.74, 6) is -1.57. The zero-order valence-corrected chi connectivity index (χ0v) is 35.2. The summed E-state index contributed by atoms with van der Waals surface area (Å²) in [5, 5.41) is 9.57. The number of likely N-dealkylation sites (N-methyl/N-ethyl adjacent to an activating group) is 1. The number of unbranched alkanes of at least 4 members (excludes halogenated alkanes) is 13. The molecule has 0 aromatic heterocycles. The molecular formula is C46H80NO7+. The van der Waals surface area contributed by atoms with Gasteiger partial charge in [0.05, 0.1) is 34.4 Å². The standard InChI is InChI=1S/C46H79NO7/c1-6-8-10-12-14-15-16-17-18-19-20-21-22-23-24-25-26-27-28-29-31-32-34-36-44(48)53-41-42(40-52-39-38-43(46(50)51)47(3,4)5)54-45(49)37-35-33-30-13-11-9-7-2/h8-11,14-15,17-18,30,33,42-43H,6-7,12-13,16,19-29,31-32,34-41H2,1-5H3/p+1/b10-8+,11-9+,15-14+,18-17+,33-30+. The average molecular weight is 759 g/mol. The lowest BCUT2D eigenvalue weighted by Crippen LogP contribution is -2.50. The van der Waals surface area contributed by atoms with Crippen LogP contribution in [0.5, 0.6) is 0 Å². The Morgan fingerprint density at radius 2 is 1.02 bits per heavy atom. The van der Waals surface area contributed by atoms with Gasteiger partial charge < -0.3 is 23.8 Å². The number of esters is 2. The van der Waals surface area contributed by atoms with Crippen molar-refractivity contribution in [1.82, 2.24) is 0 Å². The molecule has 0 aliphatic carbocycles. The third-order valence-electron chi connectivity index (χ3n) is 9.18. The van der Waals surface area contributed by atoms with Crippen LogP contribution >= 0.6 is 0 Å². The third kappa shape index (κ3) is 34.8. The van der Waals surface area contributed by atoms with E-state index in [4.69, 9.17) is 14.2 Å². The first-order valence-corrected chi connectivity index (χ1v) is 21.3. The van der Waals surface area contributed by atoms with Crippen LogP contribution in [0.2, 0.25) is 0 Å². The fourth-order valence-corrected chi connectivity index (χ4v) is 5.93. The molecule has 54 heavy (non-hydrogen) atoms. The molecular weight excluding hydrogens is 679 g/mol. The molecule has 0 saturated heterocycles. The van der Waals surface area contributed by atoms with E-state index in [9.17, 15) is 19.5 Å². The Kier molecular flexibility index (Phi) is 34.9. The molecule has 0 spiro atoms. The molecule has 8 nitrogen and oxygen atoms in total. The quantitative estimate of drug-likeness (QED) is 0.0291. The predicted molar refractivity (Wildman–Crippen MR) is 224 cm³/mol. The Balaban J connectivity index is 4.13. The van der Waals surface area contributed by atoms with Gasteiger partial charge in [0.15, 0.2) is 12.1 Å². The van der Waals surface area contributed by atoms with Crippen LogP contribution in [0.25, 0.3) is 0 Å². The second-order valence-electron chi connectivity index (χ2n) is 15.2. The highest BCUT2D eigenvalue weighted by Gasteiger charge is 2.31. The highest BCUT2D eigenvalue weighted by Crippen LogP contribution is 2.14. The van der Waals surface area contributed by atoms with E-state index in [1.807, 2.05) is 33.3 Å². The van der Waals surface area contributed by atoms with E-state index in [2.05, 4.69) is 62.5 Å². The largest absolute Gasteiger partial charge is 0.477 e. The highest BCUT2D eigenvalue weighted by atomic mass is 16.6. The van der Waals surface area contributed by atoms with Gasteiger partial charge in [-0.3, -0.25) is 9.59 Å². The summed E-state index contributed by atoms with van der Waals surface area (Å²) in [6.07, 6.45) is 44.6. The van der Waals surface area contributed by atoms with Crippen molar-refractivity contribution in [2.45, 2.75) is 174 Å². The molecule has 0 aliphatic heterocycles. The van der Waals surface area contributed by atoms with Crippen molar-refractivity contribution in [2.75, 3.05) is 41.0 Å². The number of carboxylic acids is 1. The van der Waals surface area contributed by atoms with Crippen LogP contribution in [-0.2, 0) is 28.6 Å². The molecule has 8 heteroatoms. The monoisotopic (exact) mass is 759 g/mol. The van der Waals surface area contributed by atoms with Gasteiger partial charge >= 0.3 is 17.9 Å². The maximum atomic E-state index is 12.5. The van der Waals surface area contributed by atoms with E-state index in [0.717, 1.165) is 51.4 Å². The summed E-state index contributed by atoms with van der Waals surface area (Å²) >= 11 is 0. The van der Waals surface area contributed by atoms with Gasteiger partial charge in [-0.15, -0.1) is 0 Å². The van der Waals surface area contributed by atoms with Crippen molar-refractivity contribution >= 4 is 17.9 Å². The fourth-order valence-electron chi connectivity index (χ4n) is 5.93. The van der Waals surface area contributed by atoms with Crippen LogP contribution in [0.15, 0.2) is 60.8 Å². The average Bonchev–Trinajstić information content (AvgIpc) is 3.12. The Bertz CT molecular complexity index is 1070. The lowest BCUT2D eigenvalue weighted by atomic mass is 10.0. The number of carboxylic acid groups (broad SMARTS) is 1. The number of carbonyl (C=O) groups excluding carboxylic acids is 2. The fraction of sp³-hybridized carbons (Fsp3) is 0.717. The molecule has 0 amide bonds. The van der Waals surface area contributed by atoms with Crippen molar-refractivity contribution in [3.8, 4) is 0 Å².